The first-order valence-corrected chi connectivity index (χ1v) is 6.23. The minimum Gasteiger partial charge on any atom is -0.453 e. The Bertz CT molecular complexity index is 599. The summed E-state index contributed by atoms with van der Waals surface area (Å²) in [4.78, 5) is 25.2. The van der Waals surface area contributed by atoms with Gasteiger partial charge in [-0.05, 0) is 12.1 Å². The molecule has 1 amide bonds. The van der Waals surface area contributed by atoms with Crippen molar-refractivity contribution >= 4 is 22.7 Å². The van der Waals surface area contributed by atoms with Crippen LogP contribution in [0.5, 0.6) is 0 Å². The normalized spacial score (nSPS) is 16.5. The smallest absolute Gasteiger partial charge is 0.234 e. The van der Waals surface area contributed by atoms with Crippen LogP contribution < -0.4 is 5.32 Å². The highest BCUT2D eigenvalue weighted by atomic mass is 16.3. The van der Waals surface area contributed by atoms with Crippen LogP contribution in [0.15, 0.2) is 34.7 Å². The van der Waals surface area contributed by atoms with Gasteiger partial charge in [-0.3, -0.25) is 14.5 Å². The molecule has 3 rings (SSSR count). The van der Waals surface area contributed by atoms with Gasteiger partial charge in [-0.25, -0.2) is 0 Å². The monoisotopic (exact) mass is 258 g/mol. The molecule has 98 valence electrons. The minimum absolute atomic E-state index is 0.0383. The first-order valence-electron chi connectivity index (χ1n) is 6.23. The van der Waals surface area contributed by atoms with Crippen molar-refractivity contribution in [3.05, 3.63) is 36.1 Å². The maximum absolute atomic E-state index is 12.1. The second-order valence-corrected chi connectivity index (χ2v) is 4.63. The summed E-state index contributed by atoms with van der Waals surface area (Å²) in [6.07, 6.45) is 0. The Kier molecular flexibility index (Phi) is 3.05. The Hall–Kier alpha value is -2.14. The summed E-state index contributed by atoms with van der Waals surface area (Å²) in [7, 11) is 0. The van der Waals surface area contributed by atoms with Gasteiger partial charge >= 0.3 is 0 Å². The van der Waals surface area contributed by atoms with E-state index in [1.807, 2.05) is 29.2 Å². The molecule has 5 heteroatoms. The maximum Gasteiger partial charge on any atom is 0.234 e. The van der Waals surface area contributed by atoms with E-state index in [-0.39, 0.29) is 24.8 Å². The number of hydrogen-bond donors (Lipinski definition) is 1. The van der Waals surface area contributed by atoms with Crippen LogP contribution in [0.4, 0.5) is 0 Å². The fourth-order valence-corrected chi connectivity index (χ4v) is 2.23. The second kappa shape index (κ2) is 4.85. The number of Topliss-reactive ketones (excluding diaryl/α,β-unsaturated/α-hetero) is 1. The molecule has 5 nitrogen and oxygen atoms in total. The number of carbonyl (C=O) groups is 2. The summed E-state index contributed by atoms with van der Waals surface area (Å²) in [6.45, 7) is 1.77. The van der Waals surface area contributed by atoms with Gasteiger partial charge in [-0.2, -0.15) is 0 Å². The van der Waals surface area contributed by atoms with Crippen LogP contribution in [-0.2, 0) is 4.79 Å². The van der Waals surface area contributed by atoms with Crippen LogP contribution in [-0.4, -0.2) is 42.8 Å². The Balaban J connectivity index is 1.74. The average molecular weight is 258 g/mol. The van der Waals surface area contributed by atoms with Crippen molar-refractivity contribution in [2.24, 2.45) is 0 Å². The van der Waals surface area contributed by atoms with Gasteiger partial charge in [-0.1, -0.05) is 18.2 Å². The van der Waals surface area contributed by atoms with Gasteiger partial charge in [0.2, 0.25) is 11.7 Å². The quantitative estimate of drug-likeness (QED) is 0.836. The molecule has 0 aliphatic carbocycles. The first kappa shape index (κ1) is 11.9. The van der Waals surface area contributed by atoms with E-state index in [0.29, 0.717) is 24.4 Å². The Morgan fingerprint density at radius 3 is 3.00 bits per heavy atom. The van der Waals surface area contributed by atoms with Crippen molar-refractivity contribution in [1.29, 1.82) is 0 Å². The van der Waals surface area contributed by atoms with Gasteiger partial charge < -0.3 is 9.73 Å². The zero-order valence-corrected chi connectivity index (χ0v) is 10.4. The molecule has 0 unspecified atom stereocenters. The van der Waals surface area contributed by atoms with Crippen molar-refractivity contribution in [3.8, 4) is 0 Å². The molecule has 1 aliphatic rings. The molecule has 0 spiro atoms. The predicted molar refractivity (Wildman–Crippen MR) is 70.0 cm³/mol. The molecule has 0 radical (unpaired) electrons. The molecule has 19 heavy (non-hydrogen) atoms. The maximum atomic E-state index is 12.1. The SMILES string of the molecule is O=C1CN(CC(=O)c2cc3ccccc3o2)CCN1. The lowest BCUT2D eigenvalue weighted by molar-refractivity contribution is -0.123. The lowest BCUT2D eigenvalue weighted by Crippen LogP contribution is -2.49. The Labute approximate surface area is 110 Å². The molecule has 2 heterocycles. The molecule has 0 atom stereocenters. The van der Waals surface area contributed by atoms with Crippen LogP contribution in [0, 0.1) is 0 Å². The largest absolute Gasteiger partial charge is 0.453 e. The topological polar surface area (TPSA) is 62.6 Å². The van der Waals surface area contributed by atoms with Crippen LogP contribution in [0.3, 0.4) is 0 Å². The number of furan rings is 1. The van der Waals surface area contributed by atoms with Gasteiger partial charge in [0.25, 0.3) is 0 Å². The number of benzene rings is 1. The number of amides is 1. The van der Waals surface area contributed by atoms with E-state index < -0.39 is 0 Å². The summed E-state index contributed by atoms with van der Waals surface area (Å²) >= 11 is 0. The molecule has 2 aromatic rings. The lowest BCUT2D eigenvalue weighted by Gasteiger charge is -2.25. The minimum atomic E-state index is -0.0918. The second-order valence-electron chi connectivity index (χ2n) is 4.63. The van der Waals surface area contributed by atoms with Crippen LogP contribution in [0.2, 0.25) is 0 Å². The Morgan fingerprint density at radius 1 is 1.37 bits per heavy atom. The van der Waals surface area contributed by atoms with Crippen molar-refractivity contribution < 1.29 is 14.0 Å². The zero-order chi connectivity index (χ0) is 13.2. The standard InChI is InChI=1S/C14H14N2O3/c17-11(8-16-6-5-15-14(18)9-16)13-7-10-3-1-2-4-12(10)19-13/h1-4,7H,5-6,8-9H2,(H,15,18). The third-order valence-electron chi connectivity index (χ3n) is 3.18. The third kappa shape index (κ3) is 2.51. The first-order chi connectivity index (χ1) is 9.22. The highest BCUT2D eigenvalue weighted by Gasteiger charge is 2.21. The van der Waals surface area contributed by atoms with Gasteiger partial charge in [0, 0.05) is 18.5 Å². The molecule has 1 aliphatic heterocycles. The van der Waals surface area contributed by atoms with E-state index in [1.165, 1.54) is 0 Å². The third-order valence-corrected chi connectivity index (χ3v) is 3.18. The number of ketones is 1. The molecule has 0 bridgehead atoms. The molecule has 1 N–H and O–H groups in total. The number of nitrogens with zero attached hydrogens (tertiary/aromatic N) is 1. The summed E-state index contributed by atoms with van der Waals surface area (Å²) in [5.41, 5.74) is 0.710. The number of rotatable bonds is 3. The summed E-state index contributed by atoms with van der Waals surface area (Å²) in [5, 5.41) is 3.65. The van der Waals surface area contributed by atoms with Gasteiger partial charge in [0.15, 0.2) is 5.76 Å². The molecule has 1 saturated heterocycles. The zero-order valence-electron chi connectivity index (χ0n) is 10.4. The highest BCUT2D eigenvalue weighted by molar-refractivity contribution is 5.99. The fraction of sp³-hybridized carbons (Fsp3) is 0.286. The molecular weight excluding hydrogens is 244 g/mol. The number of fused-ring (bicyclic) bond motifs is 1. The lowest BCUT2D eigenvalue weighted by atomic mass is 10.2. The average Bonchev–Trinajstić information content (AvgIpc) is 2.82. The van der Waals surface area contributed by atoms with Gasteiger partial charge in [-0.15, -0.1) is 0 Å². The predicted octanol–water partition coefficient (Wildman–Crippen LogP) is 1.05. The molecule has 1 fully saturated rings. The van der Waals surface area contributed by atoms with Crippen molar-refractivity contribution in [2.45, 2.75) is 0 Å². The number of para-hydroxylation sites is 1. The number of piperazine rings is 1. The molecule has 1 aromatic carbocycles. The van der Waals surface area contributed by atoms with E-state index in [1.54, 1.807) is 6.07 Å². The van der Waals surface area contributed by atoms with E-state index in [0.717, 1.165) is 5.39 Å². The number of nitrogens with one attached hydrogen (secondary N) is 1. The summed E-state index contributed by atoms with van der Waals surface area (Å²) in [6, 6.07) is 9.27. The fourth-order valence-electron chi connectivity index (χ4n) is 2.23. The number of carbonyl (C=O) groups excluding carboxylic acids is 2. The van der Waals surface area contributed by atoms with Gasteiger partial charge in [0.1, 0.15) is 5.58 Å². The molecule has 1 aromatic heterocycles. The van der Waals surface area contributed by atoms with E-state index in [9.17, 15) is 9.59 Å². The van der Waals surface area contributed by atoms with Crippen LogP contribution >= 0.6 is 0 Å². The summed E-state index contributed by atoms with van der Waals surface area (Å²) < 4.78 is 5.52. The summed E-state index contributed by atoms with van der Waals surface area (Å²) in [5.74, 6) is 0.224. The van der Waals surface area contributed by atoms with Crippen molar-refractivity contribution in [1.82, 2.24) is 10.2 Å². The van der Waals surface area contributed by atoms with Crippen LogP contribution in [0.1, 0.15) is 10.6 Å². The number of hydrogen-bond acceptors (Lipinski definition) is 4. The highest BCUT2D eigenvalue weighted by Crippen LogP contribution is 2.19. The molecular formula is C14H14N2O3. The Morgan fingerprint density at radius 2 is 2.21 bits per heavy atom. The van der Waals surface area contributed by atoms with Gasteiger partial charge in [0.05, 0.1) is 13.1 Å². The van der Waals surface area contributed by atoms with Crippen LogP contribution in [0.25, 0.3) is 11.0 Å². The van der Waals surface area contributed by atoms with E-state index >= 15 is 0 Å². The van der Waals surface area contributed by atoms with E-state index in [2.05, 4.69) is 5.32 Å². The van der Waals surface area contributed by atoms with E-state index in [4.69, 9.17) is 4.42 Å². The molecule has 0 saturated carbocycles. The van der Waals surface area contributed by atoms with Crippen molar-refractivity contribution in [2.75, 3.05) is 26.2 Å². The van der Waals surface area contributed by atoms with Crippen molar-refractivity contribution in [3.63, 3.8) is 0 Å².